The third kappa shape index (κ3) is 3.50. The molecule has 0 bridgehead atoms. The van der Waals surface area contributed by atoms with E-state index in [0.717, 1.165) is 30.1 Å². The molecule has 1 aromatic rings. The minimum Gasteiger partial charge on any atom is -0.385 e. The smallest absolute Gasteiger partial charge is 0.0469 e. The second-order valence-electron chi connectivity index (χ2n) is 3.94. The van der Waals surface area contributed by atoms with Gasteiger partial charge in [-0.2, -0.15) is 0 Å². The first kappa shape index (κ1) is 11.0. The first-order valence-corrected chi connectivity index (χ1v) is 6.21. The Morgan fingerprint density at radius 1 is 1.20 bits per heavy atom. The van der Waals surface area contributed by atoms with Crippen molar-refractivity contribution in [1.29, 1.82) is 0 Å². The lowest BCUT2D eigenvalue weighted by Gasteiger charge is -2.22. The Bertz CT molecular complexity index is 293. The molecule has 0 aliphatic carbocycles. The van der Waals surface area contributed by atoms with Crippen molar-refractivity contribution in [3.8, 4) is 0 Å². The van der Waals surface area contributed by atoms with E-state index in [1.807, 2.05) is 0 Å². The van der Waals surface area contributed by atoms with Crippen LogP contribution in [0.15, 0.2) is 28.7 Å². The van der Waals surface area contributed by atoms with Crippen molar-refractivity contribution in [2.45, 2.75) is 12.8 Å². The van der Waals surface area contributed by atoms with Gasteiger partial charge < -0.3 is 10.1 Å². The summed E-state index contributed by atoms with van der Waals surface area (Å²) in [5.41, 5.74) is 1.20. The number of benzene rings is 1. The van der Waals surface area contributed by atoms with Crippen LogP contribution < -0.4 is 5.32 Å². The third-order valence-electron chi connectivity index (χ3n) is 2.78. The van der Waals surface area contributed by atoms with Crippen LogP contribution in [0, 0.1) is 5.92 Å². The molecule has 1 aliphatic rings. The quantitative estimate of drug-likeness (QED) is 0.910. The summed E-state index contributed by atoms with van der Waals surface area (Å²) in [5.74, 6) is 0.766. The average molecular weight is 270 g/mol. The van der Waals surface area contributed by atoms with Crippen molar-refractivity contribution in [2.24, 2.45) is 5.92 Å². The Hall–Kier alpha value is -0.540. The van der Waals surface area contributed by atoms with Crippen molar-refractivity contribution >= 4 is 21.6 Å². The summed E-state index contributed by atoms with van der Waals surface area (Å²) in [6, 6.07) is 8.32. The molecule has 0 amide bonds. The molecule has 0 unspecified atom stereocenters. The highest BCUT2D eigenvalue weighted by Crippen LogP contribution is 2.17. The van der Waals surface area contributed by atoms with Crippen LogP contribution in [0.2, 0.25) is 0 Å². The zero-order valence-electron chi connectivity index (χ0n) is 8.71. The van der Waals surface area contributed by atoms with Crippen LogP contribution >= 0.6 is 15.9 Å². The summed E-state index contributed by atoms with van der Waals surface area (Å²) in [6.07, 6.45) is 2.37. The Labute approximate surface area is 99.1 Å². The van der Waals surface area contributed by atoms with Gasteiger partial charge >= 0.3 is 0 Å². The van der Waals surface area contributed by atoms with E-state index < -0.39 is 0 Å². The monoisotopic (exact) mass is 269 g/mol. The minimum atomic E-state index is 0.766. The lowest BCUT2D eigenvalue weighted by molar-refractivity contribution is 0.0699. The van der Waals surface area contributed by atoms with Gasteiger partial charge in [0.2, 0.25) is 0 Å². The fraction of sp³-hybridized carbons (Fsp3) is 0.500. The number of hydrogen-bond donors (Lipinski definition) is 1. The van der Waals surface area contributed by atoms with Crippen molar-refractivity contribution in [3.63, 3.8) is 0 Å². The molecule has 2 rings (SSSR count). The fourth-order valence-corrected chi connectivity index (χ4v) is 2.04. The maximum absolute atomic E-state index is 5.33. The van der Waals surface area contributed by atoms with Gasteiger partial charge in [0.25, 0.3) is 0 Å². The molecule has 1 aromatic carbocycles. The molecule has 1 fully saturated rings. The van der Waals surface area contributed by atoms with Gasteiger partial charge in [0, 0.05) is 29.9 Å². The van der Waals surface area contributed by atoms with Gasteiger partial charge in [-0.25, -0.2) is 0 Å². The van der Waals surface area contributed by atoms with Crippen molar-refractivity contribution in [2.75, 3.05) is 25.1 Å². The van der Waals surface area contributed by atoms with Gasteiger partial charge in [-0.1, -0.05) is 15.9 Å². The Kier molecular flexibility index (Phi) is 4.03. The number of hydrogen-bond acceptors (Lipinski definition) is 2. The Balaban J connectivity index is 1.79. The second kappa shape index (κ2) is 5.52. The summed E-state index contributed by atoms with van der Waals surface area (Å²) < 4.78 is 6.46. The largest absolute Gasteiger partial charge is 0.385 e. The zero-order chi connectivity index (χ0) is 10.5. The van der Waals surface area contributed by atoms with E-state index in [0.29, 0.717) is 0 Å². The Morgan fingerprint density at radius 3 is 2.53 bits per heavy atom. The highest BCUT2D eigenvalue weighted by Gasteiger charge is 2.12. The maximum atomic E-state index is 5.33. The minimum absolute atomic E-state index is 0.766. The molecule has 3 heteroatoms. The van der Waals surface area contributed by atoms with Crippen LogP contribution in [0.1, 0.15) is 12.8 Å². The summed E-state index contributed by atoms with van der Waals surface area (Å²) in [4.78, 5) is 0. The normalized spacial score (nSPS) is 17.7. The van der Waals surface area contributed by atoms with Crippen molar-refractivity contribution < 1.29 is 4.74 Å². The van der Waals surface area contributed by atoms with Crippen LogP contribution in [0.3, 0.4) is 0 Å². The molecule has 2 nitrogen and oxygen atoms in total. The third-order valence-corrected chi connectivity index (χ3v) is 3.31. The predicted molar refractivity (Wildman–Crippen MR) is 66.2 cm³/mol. The summed E-state index contributed by atoms with van der Waals surface area (Å²) >= 11 is 3.43. The molecule has 15 heavy (non-hydrogen) atoms. The predicted octanol–water partition coefficient (Wildman–Crippen LogP) is 3.29. The summed E-state index contributed by atoms with van der Waals surface area (Å²) in [5, 5.41) is 3.47. The van der Waals surface area contributed by atoms with E-state index in [1.54, 1.807) is 0 Å². The topological polar surface area (TPSA) is 21.3 Å². The average Bonchev–Trinajstić information content (AvgIpc) is 2.30. The van der Waals surface area contributed by atoms with Crippen molar-refractivity contribution in [3.05, 3.63) is 28.7 Å². The Morgan fingerprint density at radius 2 is 1.87 bits per heavy atom. The lowest BCUT2D eigenvalue weighted by atomic mass is 10.0. The molecular formula is C12H16BrNO. The number of anilines is 1. The zero-order valence-corrected chi connectivity index (χ0v) is 10.3. The van der Waals surface area contributed by atoms with Gasteiger partial charge in [0.15, 0.2) is 0 Å². The number of rotatable bonds is 3. The number of ether oxygens (including phenoxy) is 1. The number of halogens is 1. The van der Waals surface area contributed by atoms with E-state index in [2.05, 4.69) is 45.5 Å². The highest BCUT2D eigenvalue weighted by molar-refractivity contribution is 9.10. The van der Waals surface area contributed by atoms with Gasteiger partial charge in [0.05, 0.1) is 0 Å². The standard InChI is InChI=1S/C12H16BrNO/c13-11-1-3-12(4-2-11)14-9-10-5-7-15-8-6-10/h1-4,10,14H,5-9H2. The van der Waals surface area contributed by atoms with Crippen LogP contribution in [-0.4, -0.2) is 19.8 Å². The van der Waals surface area contributed by atoms with E-state index in [-0.39, 0.29) is 0 Å². The summed E-state index contributed by atoms with van der Waals surface area (Å²) in [7, 11) is 0. The van der Waals surface area contributed by atoms with Gasteiger partial charge in [0.1, 0.15) is 0 Å². The molecule has 0 atom stereocenters. The SMILES string of the molecule is Brc1ccc(NCC2CCOCC2)cc1. The lowest BCUT2D eigenvalue weighted by Crippen LogP contribution is -2.22. The molecule has 1 heterocycles. The molecule has 0 saturated carbocycles. The number of nitrogens with one attached hydrogen (secondary N) is 1. The first-order valence-electron chi connectivity index (χ1n) is 5.42. The molecule has 1 N–H and O–H groups in total. The molecule has 0 spiro atoms. The molecule has 0 aromatic heterocycles. The molecule has 1 saturated heterocycles. The van der Waals surface area contributed by atoms with Crippen molar-refractivity contribution in [1.82, 2.24) is 0 Å². The van der Waals surface area contributed by atoms with Gasteiger partial charge in [-0.05, 0) is 43.0 Å². The van der Waals surface area contributed by atoms with Gasteiger partial charge in [-0.3, -0.25) is 0 Å². The van der Waals surface area contributed by atoms with Crippen LogP contribution in [0.25, 0.3) is 0 Å². The second-order valence-corrected chi connectivity index (χ2v) is 4.86. The summed E-state index contributed by atoms with van der Waals surface area (Å²) in [6.45, 7) is 2.91. The van der Waals surface area contributed by atoms with E-state index in [9.17, 15) is 0 Å². The van der Waals surface area contributed by atoms with E-state index in [1.165, 1.54) is 18.5 Å². The molecule has 1 aliphatic heterocycles. The highest BCUT2D eigenvalue weighted by atomic mass is 79.9. The molecular weight excluding hydrogens is 254 g/mol. The van der Waals surface area contributed by atoms with E-state index >= 15 is 0 Å². The van der Waals surface area contributed by atoms with Crippen LogP contribution in [-0.2, 0) is 4.74 Å². The maximum Gasteiger partial charge on any atom is 0.0469 e. The van der Waals surface area contributed by atoms with Crippen LogP contribution in [0.5, 0.6) is 0 Å². The molecule has 82 valence electrons. The van der Waals surface area contributed by atoms with Gasteiger partial charge in [-0.15, -0.1) is 0 Å². The van der Waals surface area contributed by atoms with E-state index in [4.69, 9.17) is 4.74 Å². The fourth-order valence-electron chi connectivity index (χ4n) is 1.78. The van der Waals surface area contributed by atoms with Crippen LogP contribution in [0.4, 0.5) is 5.69 Å². The first-order chi connectivity index (χ1) is 7.34. The molecule has 0 radical (unpaired) electrons.